The first kappa shape index (κ1) is 22.5. The number of phenols is 1. The van der Waals surface area contributed by atoms with Crippen molar-refractivity contribution in [3.8, 4) is 11.5 Å². The van der Waals surface area contributed by atoms with Crippen LogP contribution in [0.2, 0.25) is 5.02 Å². The lowest BCUT2D eigenvalue weighted by molar-refractivity contribution is -0.136. The molecule has 178 valence electrons. The molecule has 0 saturated heterocycles. The highest BCUT2D eigenvalue weighted by atomic mass is 35.5. The van der Waals surface area contributed by atoms with Crippen LogP contribution in [0.4, 0.5) is 0 Å². The van der Waals surface area contributed by atoms with E-state index in [0.717, 1.165) is 16.5 Å². The van der Waals surface area contributed by atoms with Crippen LogP contribution in [0.25, 0.3) is 16.6 Å². The molecule has 0 unspecified atom stereocenters. The number of aromatic amines is 1. The Labute approximate surface area is 203 Å². The number of hydrogen-bond donors (Lipinski definition) is 4. The van der Waals surface area contributed by atoms with E-state index >= 15 is 0 Å². The lowest BCUT2D eigenvalue weighted by Gasteiger charge is -2.37. The maximum atomic E-state index is 13.4. The first-order valence-corrected chi connectivity index (χ1v) is 11.0. The summed E-state index contributed by atoms with van der Waals surface area (Å²) in [6.45, 7) is 0.213. The summed E-state index contributed by atoms with van der Waals surface area (Å²) >= 11 is 5.98. The molecule has 9 nitrogen and oxygen atoms in total. The molecule has 0 saturated carbocycles. The van der Waals surface area contributed by atoms with Gasteiger partial charge in [0.2, 0.25) is 0 Å². The first-order valence-electron chi connectivity index (χ1n) is 10.6. The van der Waals surface area contributed by atoms with Crippen LogP contribution < -0.4 is 4.74 Å². The zero-order chi connectivity index (χ0) is 25.0. The van der Waals surface area contributed by atoms with Crippen LogP contribution >= 0.6 is 11.6 Å². The molecular weight excluding hydrogens is 476 g/mol. The lowest BCUT2D eigenvalue weighted by atomic mass is 9.85. The van der Waals surface area contributed by atoms with Gasteiger partial charge in [-0.05, 0) is 48.4 Å². The molecule has 2 aromatic carbocycles. The van der Waals surface area contributed by atoms with Gasteiger partial charge in [0.05, 0.1) is 35.2 Å². The number of rotatable bonds is 5. The monoisotopic (exact) mass is 494 g/mol. The van der Waals surface area contributed by atoms with Crippen LogP contribution in [-0.4, -0.2) is 63.1 Å². The van der Waals surface area contributed by atoms with Gasteiger partial charge in [-0.2, -0.15) is 0 Å². The van der Waals surface area contributed by atoms with Crippen LogP contribution in [0.1, 0.15) is 21.6 Å². The Kier molecular flexibility index (Phi) is 5.29. The highest BCUT2D eigenvalue weighted by Gasteiger charge is 2.41. The van der Waals surface area contributed by atoms with Gasteiger partial charge in [0, 0.05) is 34.6 Å². The van der Waals surface area contributed by atoms with Gasteiger partial charge in [-0.15, -0.1) is 0 Å². The SMILES string of the molecule is COc1ccc2[nH]c3c(c2c1)CCN1CC(C(=O)c2cc(Cl)ccc2O)=C(C(=O)O)C(C(=O)O)=C31. The maximum Gasteiger partial charge on any atom is 0.338 e. The van der Waals surface area contributed by atoms with Gasteiger partial charge in [0.15, 0.2) is 5.78 Å². The number of hydrogen-bond acceptors (Lipinski definition) is 6. The molecule has 3 aromatic rings. The molecular formula is C25H19ClN2O7. The number of H-pyrrole nitrogens is 1. The average Bonchev–Trinajstić information content (AvgIpc) is 3.21. The Morgan fingerprint density at radius 1 is 1.06 bits per heavy atom. The van der Waals surface area contributed by atoms with Crippen LogP contribution in [0.5, 0.6) is 11.5 Å². The van der Waals surface area contributed by atoms with Gasteiger partial charge < -0.3 is 29.9 Å². The zero-order valence-electron chi connectivity index (χ0n) is 18.4. The molecule has 0 spiro atoms. The molecule has 1 aromatic heterocycles. The molecule has 5 rings (SSSR count). The van der Waals surface area contributed by atoms with Crippen molar-refractivity contribution in [3.63, 3.8) is 0 Å². The van der Waals surface area contributed by atoms with Gasteiger partial charge >= 0.3 is 11.9 Å². The fourth-order valence-electron chi connectivity index (χ4n) is 4.79. The van der Waals surface area contributed by atoms with Crippen molar-refractivity contribution in [2.45, 2.75) is 6.42 Å². The number of nitrogens with one attached hydrogen (secondary N) is 1. The molecule has 0 radical (unpaired) electrons. The fourth-order valence-corrected chi connectivity index (χ4v) is 4.97. The van der Waals surface area contributed by atoms with E-state index in [-0.39, 0.29) is 34.2 Å². The Morgan fingerprint density at radius 3 is 2.49 bits per heavy atom. The number of aliphatic carboxylic acids is 2. The second-order valence-corrected chi connectivity index (χ2v) is 8.68. The van der Waals surface area contributed by atoms with E-state index in [1.165, 1.54) is 18.2 Å². The number of ketones is 1. The second-order valence-electron chi connectivity index (χ2n) is 8.24. The smallest absolute Gasteiger partial charge is 0.338 e. The number of halogens is 1. The van der Waals surface area contributed by atoms with Crippen molar-refractivity contribution in [1.82, 2.24) is 9.88 Å². The Balaban J connectivity index is 1.78. The van der Waals surface area contributed by atoms with Crippen LogP contribution in [0, 0.1) is 0 Å². The van der Waals surface area contributed by atoms with Gasteiger partial charge in [0.25, 0.3) is 0 Å². The van der Waals surface area contributed by atoms with Crippen molar-refractivity contribution in [1.29, 1.82) is 0 Å². The minimum atomic E-state index is -1.55. The molecule has 4 N–H and O–H groups in total. The van der Waals surface area contributed by atoms with Gasteiger partial charge in [-0.25, -0.2) is 9.59 Å². The van der Waals surface area contributed by atoms with Crippen LogP contribution in [0.3, 0.4) is 0 Å². The standard InChI is InChI=1S/C25H19ClN2O7/c1-35-12-3-4-17-14(9-12)13-6-7-28-10-16(23(30)15-8-11(26)2-5-18(15)29)19(24(31)32)20(25(33)34)22(28)21(13)27-17/h2-5,8-9,27,29H,6-7,10H2,1H3,(H,31,32)(H,33,34). The van der Waals surface area contributed by atoms with E-state index < -0.39 is 28.9 Å². The summed E-state index contributed by atoms with van der Waals surface area (Å²) in [5.74, 6) is -3.57. The summed E-state index contributed by atoms with van der Waals surface area (Å²) in [6, 6.07) is 9.26. The number of carboxylic acids is 2. The van der Waals surface area contributed by atoms with Crippen molar-refractivity contribution >= 4 is 45.9 Å². The number of ether oxygens (including phenoxy) is 1. The number of fused-ring (bicyclic) bond motifs is 5. The third-order valence-electron chi connectivity index (χ3n) is 6.34. The van der Waals surface area contributed by atoms with E-state index in [1.807, 2.05) is 12.1 Å². The lowest BCUT2D eigenvalue weighted by Crippen LogP contribution is -2.39. The number of methoxy groups -OCH3 is 1. The van der Waals surface area contributed by atoms with Crippen molar-refractivity contribution in [2.24, 2.45) is 0 Å². The van der Waals surface area contributed by atoms with Gasteiger partial charge in [-0.1, -0.05) is 11.6 Å². The molecule has 0 aliphatic carbocycles. The predicted octanol–water partition coefficient (Wildman–Crippen LogP) is 3.47. The van der Waals surface area contributed by atoms with E-state index in [1.54, 1.807) is 18.1 Å². The van der Waals surface area contributed by atoms with Crippen molar-refractivity contribution in [3.05, 3.63) is 75.0 Å². The normalized spacial score (nSPS) is 15.2. The molecule has 0 fully saturated rings. The molecule has 2 aliphatic heterocycles. The fraction of sp³-hybridized carbons (Fsp3) is 0.160. The van der Waals surface area contributed by atoms with Crippen molar-refractivity contribution in [2.75, 3.05) is 20.2 Å². The molecule has 3 heterocycles. The number of carboxylic acid groups (broad SMARTS) is 2. The molecule has 10 heteroatoms. The summed E-state index contributed by atoms with van der Waals surface area (Å²) in [4.78, 5) is 43.1. The van der Waals surface area contributed by atoms with Gasteiger partial charge in [0.1, 0.15) is 11.5 Å². The summed E-state index contributed by atoms with van der Waals surface area (Å²) in [5.41, 5.74) is 0.751. The average molecular weight is 495 g/mol. The first-order chi connectivity index (χ1) is 16.7. The second kappa shape index (κ2) is 8.21. The number of Topliss-reactive ketones (excluding diaryl/α,β-unsaturated/α-hetero) is 1. The number of aromatic nitrogens is 1. The summed E-state index contributed by atoms with van der Waals surface area (Å²) in [5, 5.41) is 31.4. The van der Waals surface area contributed by atoms with E-state index in [4.69, 9.17) is 16.3 Å². The quantitative estimate of drug-likeness (QED) is 0.395. The third-order valence-corrected chi connectivity index (χ3v) is 6.58. The Hall–Kier alpha value is -4.24. The summed E-state index contributed by atoms with van der Waals surface area (Å²) in [7, 11) is 1.55. The summed E-state index contributed by atoms with van der Waals surface area (Å²) < 4.78 is 5.31. The third kappa shape index (κ3) is 3.52. The summed E-state index contributed by atoms with van der Waals surface area (Å²) in [6.07, 6.45) is 0.533. The number of nitrogens with zero attached hydrogens (tertiary/aromatic N) is 1. The van der Waals surface area contributed by atoms with E-state index in [2.05, 4.69) is 4.98 Å². The molecule has 0 atom stereocenters. The predicted molar refractivity (Wildman–Crippen MR) is 127 cm³/mol. The Morgan fingerprint density at radius 2 is 1.80 bits per heavy atom. The minimum Gasteiger partial charge on any atom is -0.507 e. The van der Waals surface area contributed by atoms with E-state index in [9.17, 15) is 29.7 Å². The van der Waals surface area contributed by atoms with E-state index in [0.29, 0.717) is 24.4 Å². The molecule has 0 amide bonds. The Bertz CT molecular complexity index is 1520. The number of carbonyl (C=O) groups excluding carboxylic acids is 1. The topological polar surface area (TPSA) is 140 Å². The molecule has 35 heavy (non-hydrogen) atoms. The maximum absolute atomic E-state index is 13.4. The van der Waals surface area contributed by atoms with Crippen LogP contribution in [0.15, 0.2) is 53.1 Å². The number of aromatic hydroxyl groups is 1. The molecule has 2 aliphatic rings. The van der Waals surface area contributed by atoms with Crippen LogP contribution in [-0.2, 0) is 16.0 Å². The van der Waals surface area contributed by atoms with Crippen molar-refractivity contribution < 1.29 is 34.4 Å². The van der Waals surface area contributed by atoms with Gasteiger partial charge in [-0.3, -0.25) is 4.79 Å². The zero-order valence-corrected chi connectivity index (χ0v) is 19.1. The largest absolute Gasteiger partial charge is 0.507 e. The number of benzene rings is 2. The molecule has 0 bridgehead atoms. The number of carbonyl (C=O) groups is 3. The highest BCUT2D eigenvalue weighted by molar-refractivity contribution is 6.31. The number of phenolic OH excluding ortho intramolecular Hbond substituents is 1. The minimum absolute atomic E-state index is 0.142. The highest BCUT2D eigenvalue weighted by Crippen LogP contribution is 2.42.